The van der Waals surface area contributed by atoms with E-state index in [4.69, 9.17) is 18.6 Å². The van der Waals surface area contributed by atoms with E-state index < -0.39 is 21.6 Å². The first kappa shape index (κ1) is 44.8. The predicted molar refractivity (Wildman–Crippen MR) is 253 cm³/mol. The largest absolute Gasteiger partial charge is 0.493 e. The molecule has 0 saturated heterocycles. The maximum atomic E-state index is 14.3. The molecule has 4 aliphatic rings. The van der Waals surface area contributed by atoms with E-state index in [0.717, 1.165) is 44.0 Å². The van der Waals surface area contributed by atoms with Gasteiger partial charge in [-0.15, -0.1) is 0 Å². The van der Waals surface area contributed by atoms with Crippen LogP contribution < -0.4 is 23.8 Å². The highest BCUT2D eigenvalue weighted by atomic mass is 127. The van der Waals surface area contributed by atoms with Crippen LogP contribution in [-0.2, 0) is 22.4 Å². The van der Waals surface area contributed by atoms with Gasteiger partial charge in [0.25, 0.3) is 11.8 Å². The fraction of sp³-hybridized carbons (Fsp3) is 0.444. The maximum absolute atomic E-state index is 14.3. The quantitative estimate of drug-likeness (QED) is 0.109. The lowest BCUT2D eigenvalue weighted by molar-refractivity contribution is 0.0638. The molecule has 4 aliphatic heterocycles. The Morgan fingerprint density at radius 2 is 1.41 bits per heavy atom. The molecule has 0 radical (unpaired) electrons. The highest BCUT2D eigenvalue weighted by Gasteiger charge is 2.48. The molecule has 4 heterocycles. The molecule has 4 atom stereocenters. The Hall–Kier alpha value is -4.25. The molecular formula is C45H57B2IN4O8Si. The summed E-state index contributed by atoms with van der Waals surface area (Å²) in [4.78, 5) is 48.0. The Morgan fingerprint density at radius 3 is 1.98 bits per heavy atom. The van der Waals surface area contributed by atoms with Gasteiger partial charge < -0.3 is 47.9 Å². The van der Waals surface area contributed by atoms with Gasteiger partial charge in [-0.25, -0.2) is 0 Å². The smallest absolute Gasteiger partial charge is 0.409 e. The van der Waals surface area contributed by atoms with Crippen molar-refractivity contribution in [3.63, 3.8) is 0 Å². The zero-order chi connectivity index (χ0) is 44.3. The molecule has 0 fully saturated rings. The number of hydrogen-bond donors (Lipinski definition) is 1. The highest BCUT2D eigenvalue weighted by Crippen LogP contribution is 2.45. The van der Waals surface area contributed by atoms with Crippen LogP contribution in [0.25, 0.3) is 0 Å². The van der Waals surface area contributed by atoms with Crippen LogP contribution in [0, 0.1) is 10.5 Å². The predicted octanol–water partition coefficient (Wildman–Crippen LogP) is 8.03. The Bertz CT molecular complexity index is 2320. The minimum Gasteiger partial charge on any atom is -0.493 e. The lowest BCUT2D eigenvalue weighted by atomic mass is 9.80. The average molecular weight is 959 g/mol. The second-order valence-electron chi connectivity index (χ2n) is 18.5. The molecule has 16 heteroatoms. The number of anilines is 2. The van der Waals surface area contributed by atoms with Crippen LogP contribution in [0.4, 0.5) is 11.4 Å². The van der Waals surface area contributed by atoms with Gasteiger partial charge in [0.1, 0.15) is 31.4 Å². The number of methoxy groups -OCH3 is 1. The van der Waals surface area contributed by atoms with Gasteiger partial charge in [0, 0.05) is 45.5 Å². The summed E-state index contributed by atoms with van der Waals surface area (Å²) in [6, 6.07) is 12.8. The fourth-order valence-electron chi connectivity index (χ4n) is 8.81. The fourth-order valence-corrected chi connectivity index (χ4v) is 10.9. The van der Waals surface area contributed by atoms with E-state index in [1.165, 1.54) is 0 Å². The number of carbonyl (C=O) groups is 3. The molecule has 0 aliphatic carbocycles. The van der Waals surface area contributed by atoms with Gasteiger partial charge in [0.2, 0.25) is 0 Å². The molecule has 7 rings (SSSR count). The number of benzene rings is 3. The third kappa shape index (κ3) is 8.61. The third-order valence-electron chi connectivity index (χ3n) is 12.9. The van der Waals surface area contributed by atoms with Crippen LogP contribution in [0.1, 0.15) is 91.8 Å². The van der Waals surface area contributed by atoms with Gasteiger partial charge in [-0.05, 0) is 135 Å². The molecule has 0 saturated carbocycles. The van der Waals surface area contributed by atoms with Crippen molar-refractivity contribution in [3.8, 4) is 17.2 Å². The summed E-state index contributed by atoms with van der Waals surface area (Å²) in [5.41, 5.74) is 6.98. The zero-order valence-electron chi connectivity index (χ0n) is 37.2. The monoisotopic (exact) mass is 958 g/mol. The molecule has 0 bridgehead atoms. The number of ether oxygens (including phenoxy) is 3. The Balaban J connectivity index is 1.15. The first-order valence-corrected chi connectivity index (χ1v) is 25.0. The average Bonchev–Trinajstić information content (AvgIpc) is 3.75. The normalized spacial score (nSPS) is 21.1. The number of rotatable bonds is 12. The summed E-state index contributed by atoms with van der Waals surface area (Å²) >= 11 is 2.29. The summed E-state index contributed by atoms with van der Waals surface area (Å²) in [5.74, 6) is 1.21. The van der Waals surface area contributed by atoms with Crippen LogP contribution in [0.5, 0.6) is 17.2 Å². The van der Waals surface area contributed by atoms with Crippen LogP contribution >= 0.6 is 22.6 Å². The summed E-state index contributed by atoms with van der Waals surface area (Å²) in [5, 5.41) is 10.9. The molecule has 3 aromatic carbocycles. The van der Waals surface area contributed by atoms with Gasteiger partial charge in [-0.1, -0.05) is 31.9 Å². The van der Waals surface area contributed by atoms with Crippen molar-refractivity contribution in [2.24, 2.45) is 0 Å². The first-order chi connectivity index (χ1) is 28.7. The standard InChI is InChI=1S/C45H57B2IN4O8Si/c1-26-12-35-29(4)52(47(8)56)37-20-41(40(57-9)18-34(37)43(55)49(35)21-26)59-24-31-15-30(16-32(48)17-31)23-58-39-19-36-33(14-28(39)3)42(54)50-22-27(2)13-38(50)44(51(36)46-25-53)60-61(10,11)45(5,6)7/h14-22,25,29,35,38,44,46,56H,12-13,23-24H2,1-11H3/t29-,35-,38-,44-/m0/s1. The third-order valence-corrected chi connectivity index (χ3v) is 18.0. The van der Waals surface area contributed by atoms with E-state index in [1.54, 1.807) is 35.9 Å². The molecule has 0 spiro atoms. The number of halogens is 1. The number of carbonyl (C=O) groups excluding carboxylic acids is 3. The minimum atomic E-state index is -2.37. The summed E-state index contributed by atoms with van der Waals surface area (Å²) < 4.78 is 26.9. The number of aryl methyl sites for hydroxylation is 1. The molecule has 1 N–H and O–H groups in total. The summed E-state index contributed by atoms with van der Waals surface area (Å²) in [7, 11) is -1.61. The van der Waals surface area contributed by atoms with Gasteiger partial charge in [0.15, 0.2) is 19.8 Å². The van der Waals surface area contributed by atoms with Crippen molar-refractivity contribution in [2.75, 3.05) is 16.7 Å². The number of fused-ring (bicyclic) bond motifs is 4. The van der Waals surface area contributed by atoms with Gasteiger partial charge in [-0.3, -0.25) is 9.59 Å². The van der Waals surface area contributed by atoms with Crippen molar-refractivity contribution in [2.45, 2.75) is 124 Å². The van der Waals surface area contributed by atoms with Crippen LogP contribution in [0.2, 0.25) is 25.0 Å². The topological polar surface area (TPSA) is 121 Å². The van der Waals surface area contributed by atoms with E-state index in [0.29, 0.717) is 46.2 Å². The number of nitrogens with zero attached hydrogens (tertiary/aromatic N) is 4. The molecule has 2 amide bonds. The molecule has 0 unspecified atom stereocenters. The zero-order valence-corrected chi connectivity index (χ0v) is 40.3. The van der Waals surface area contributed by atoms with E-state index in [-0.39, 0.29) is 55.6 Å². The van der Waals surface area contributed by atoms with E-state index >= 15 is 0 Å². The minimum absolute atomic E-state index is 0.0586. The number of hydrogen-bond acceptors (Lipinski definition) is 10. The molecule has 61 heavy (non-hydrogen) atoms. The summed E-state index contributed by atoms with van der Waals surface area (Å²) in [6.45, 7) is 21.1. The maximum Gasteiger partial charge on any atom is 0.409 e. The molecule has 12 nitrogen and oxygen atoms in total. The van der Waals surface area contributed by atoms with Crippen LogP contribution in [0.15, 0.2) is 66.0 Å². The molecule has 322 valence electrons. The molecule has 0 aromatic heterocycles. The lowest BCUT2D eigenvalue weighted by Crippen LogP contribution is -2.57. The second kappa shape index (κ2) is 17.1. The van der Waals surface area contributed by atoms with Crippen LogP contribution in [0.3, 0.4) is 0 Å². The van der Waals surface area contributed by atoms with Crippen LogP contribution in [-0.4, -0.2) is 87.1 Å². The Labute approximate surface area is 375 Å². The van der Waals surface area contributed by atoms with E-state index in [1.807, 2.05) is 74.0 Å². The SMILES string of the molecule is COc1cc2c(cc1OCc1cc(I)cc(COc3cc4c(cc3C)C(=O)N3C=C(C)C[C@H]3[C@H](O[Si](C)(C)C(C)(C)C)N4BC=O)c1)N(B(C)O)[C@@H](C)[C@@H]1CC(C)=CN1C2=O. The van der Waals surface area contributed by atoms with Crippen molar-refractivity contribution in [1.29, 1.82) is 0 Å². The number of amides is 2. The molecular weight excluding hydrogens is 901 g/mol. The van der Waals surface area contributed by atoms with Gasteiger partial charge >= 0.3 is 14.5 Å². The Morgan fingerprint density at radius 1 is 0.852 bits per heavy atom. The van der Waals surface area contributed by atoms with Crippen molar-refractivity contribution >= 4 is 74.7 Å². The van der Waals surface area contributed by atoms with E-state index in [2.05, 4.69) is 62.5 Å². The molecule has 3 aromatic rings. The summed E-state index contributed by atoms with van der Waals surface area (Å²) in [6.07, 6.45) is 5.57. The van der Waals surface area contributed by atoms with Gasteiger partial charge in [-0.2, -0.15) is 0 Å². The Kier molecular flexibility index (Phi) is 12.6. The van der Waals surface area contributed by atoms with Crippen molar-refractivity contribution in [1.82, 2.24) is 9.80 Å². The van der Waals surface area contributed by atoms with Crippen molar-refractivity contribution < 1.29 is 38.0 Å². The van der Waals surface area contributed by atoms with Gasteiger partial charge in [0.05, 0.1) is 30.3 Å². The van der Waals surface area contributed by atoms with E-state index in [9.17, 15) is 19.4 Å². The first-order valence-electron chi connectivity index (χ1n) is 21.0. The second-order valence-corrected chi connectivity index (χ2v) is 24.5. The lowest BCUT2D eigenvalue weighted by Gasteiger charge is -2.45. The van der Waals surface area contributed by atoms with Crippen molar-refractivity contribution in [3.05, 3.63) is 97.4 Å². The highest BCUT2D eigenvalue weighted by molar-refractivity contribution is 14.1.